The maximum Gasteiger partial charge on any atom is 0.416 e. The summed E-state index contributed by atoms with van der Waals surface area (Å²) >= 11 is 0. The van der Waals surface area contributed by atoms with E-state index in [4.69, 9.17) is 19.2 Å². The molecule has 224 valence electrons. The van der Waals surface area contributed by atoms with Crippen LogP contribution in [0, 0.1) is 0 Å². The van der Waals surface area contributed by atoms with E-state index in [1.807, 2.05) is 18.2 Å². The third kappa shape index (κ3) is 5.69. The molecule has 0 radical (unpaired) electrons. The van der Waals surface area contributed by atoms with Crippen molar-refractivity contribution in [2.24, 2.45) is 0 Å². The number of hydrogen-bond donors (Lipinski definition) is 1. The number of aromatic nitrogens is 2. The monoisotopic (exact) mass is 592 g/mol. The van der Waals surface area contributed by atoms with Crippen molar-refractivity contribution in [2.75, 3.05) is 26.1 Å². The smallest absolute Gasteiger partial charge is 0.416 e. The van der Waals surface area contributed by atoms with E-state index in [-0.39, 0.29) is 17.6 Å². The highest BCUT2D eigenvalue weighted by Gasteiger charge is 2.33. The molecule has 4 aromatic rings. The number of rotatable bonds is 7. The summed E-state index contributed by atoms with van der Waals surface area (Å²) in [5.41, 5.74) is 3.67. The normalized spacial score (nSPS) is 16.7. The first kappa shape index (κ1) is 28.7. The number of carbonyl (C=O) groups is 1. The number of amides is 1. The van der Waals surface area contributed by atoms with Gasteiger partial charge in [0.2, 0.25) is 0 Å². The zero-order chi connectivity index (χ0) is 30.1. The molecule has 1 N–H and O–H groups in total. The number of nitrogens with one attached hydrogen (secondary N) is 1. The highest BCUT2D eigenvalue weighted by Crippen LogP contribution is 2.37. The number of benzene rings is 2. The highest BCUT2D eigenvalue weighted by atomic mass is 19.4. The largest absolute Gasteiger partial charge is 0.497 e. The molecule has 1 saturated heterocycles. The van der Waals surface area contributed by atoms with Gasteiger partial charge in [-0.3, -0.25) is 4.79 Å². The Hall–Kier alpha value is -4.38. The second-order valence-corrected chi connectivity index (χ2v) is 10.7. The number of anilines is 1. The molecule has 0 aliphatic carbocycles. The van der Waals surface area contributed by atoms with Gasteiger partial charge in [0.25, 0.3) is 5.91 Å². The number of ether oxygens (including phenoxy) is 3. The summed E-state index contributed by atoms with van der Waals surface area (Å²) in [7, 11) is 3.21. The van der Waals surface area contributed by atoms with Crippen LogP contribution >= 0.6 is 0 Å². The van der Waals surface area contributed by atoms with Crippen LogP contribution < -0.4 is 14.8 Å². The Morgan fingerprint density at radius 1 is 1.05 bits per heavy atom. The van der Waals surface area contributed by atoms with Crippen LogP contribution in [0.2, 0.25) is 0 Å². The van der Waals surface area contributed by atoms with Gasteiger partial charge in [-0.25, -0.2) is 9.97 Å². The second-order valence-electron chi connectivity index (χ2n) is 10.7. The van der Waals surface area contributed by atoms with Gasteiger partial charge in [0.1, 0.15) is 23.0 Å². The predicted octanol–water partition coefficient (Wildman–Crippen LogP) is 6.68. The Bertz CT molecular complexity index is 1660. The van der Waals surface area contributed by atoms with Crippen LogP contribution in [0.5, 0.6) is 11.5 Å². The average Bonchev–Trinajstić information content (AvgIpc) is 3.53. The Morgan fingerprint density at radius 2 is 1.84 bits per heavy atom. The van der Waals surface area contributed by atoms with Crippen molar-refractivity contribution in [3.8, 4) is 11.5 Å². The van der Waals surface area contributed by atoms with Crippen molar-refractivity contribution in [2.45, 2.75) is 51.2 Å². The first-order valence-corrected chi connectivity index (χ1v) is 14.1. The summed E-state index contributed by atoms with van der Waals surface area (Å²) < 4.78 is 56.0. The van der Waals surface area contributed by atoms with Gasteiger partial charge < -0.3 is 24.4 Å². The lowest BCUT2D eigenvalue weighted by Gasteiger charge is -2.36. The van der Waals surface area contributed by atoms with Crippen LogP contribution in [0.15, 0.2) is 54.7 Å². The van der Waals surface area contributed by atoms with Crippen molar-refractivity contribution in [3.05, 3.63) is 88.2 Å². The minimum absolute atomic E-state index is 0.257. The molecule has 0 bridgehead atoms. The third-order valence-electron chi connectivity index (χ3n) is 8.13. The lowest BCUT2D eigenvalue weighted by atomic mass is 9.94. The van der Waals surface area contributed by atoms with Gasteiger partial charge in [-0.2, -0.15) is 13.2 Å². The van der Waals surface area contributed by atoms with E-state index in [0.29, 0.717) is 61.1 Å². The van der Waals surface area contributed by atoms with E-state index in [1.54, 1.807) is 31.4 Å². The lowest BCUT2D eigenvalue weighted by molar-refractivity contribution is -0.137. The molecule has 6 rings (SSSR count). The van der Waals surface area contributed by atoms with Crippen molar-refractivity contribution >= 4 is 22.6 Å². The molecule has 2 aromatic heterocycles. The first-order chi connectivity index (χ1) is 20.8. The summed E-state index contributed by atoms with van der Waals surface area (Å²) in [5, 5.41) is 4.20. The zero-order valence-electron chi connectivity index (χ0n) is 23.8. The molecule has 2 aliphatic rings. The van der Waals surface area contributed by atoms with E-state index in [0.717, 1.165) is 47.1 Å². The Kier molecular flexibility index (Phi) is 7.83. The van der Waals surface area contributed by atoms with Gasteiger partial charge in [0.15, 0.2) is 0 Å². The SMILES string of the molecule is COc1ccc(CNc2nc3cnc(C(=O)N4CCCCC4c4ccc(C(F)(F)F)cc4)cc3c3c2COC3)c(OC)c1. The zero-order valence-corrected chi connectivity index (χ0v) is 23.8. The maximum absolute atomic E-state index is 13.8. The van der Waals surface area contributed by atoms with Gasteiger partial charge in [-0.1, -0.05) is 12.1 Å². The molecule has 1 fully saturated rings. The average molecular weight is 593 g/mol. The van der Waals surface area contributed by atoms with E-state index in [1.165, 1.54) is 12.1 Å². The van der Waals surface area contributed by atoms with Gasteiger partial charge in [0.05, 0.1) is 50.8 Å². The maximum atomic E-state index is 13.8. The fraction of sp³-hybridized carbons (Fsp3) is 0.344. The summed E-state index contributed by atoms with van der Waals surface area (Å²) in [5.74, 6) is 1.81. The topological polar surface area (TPSA) is 85.8 Å². The number of hydrogen-bond acceptors (Lipinski definition) is 7. The number of pyridine rings is 2. The minimum Gasteiger partial charge on any atom is -0.497 e. The van der Waals surface area contributed by atoms with Crippen LogP contribution in [0.3, 0.4) is 0 Å². The molecule has 1 amide bonds. The van der Waals surface area contributed by atoms with Gasteiger partial charge in [-0.15, -0.1) is 0 Å². The van der Waals surface area contributed by atoms with Crippen molar-refractivity contribution < 1.29 is 32.2 Å². The Balaban J connectivity index is 1.27. The van der Waals surface area contributed by atoms with Crippen molar-refractivity contribution in [1.82, 2.24) is 14.9 Å². The fourth-order valence-electron chi connectivity index (χ4n) is 5.85. The molecular formula is C32H31F3N4O4. The summed E-state index contributed by atoms with van der Waals surface area (Å²) in [6.07, 6.45) is -0.449. The number of methoxy groups -OCH3 is 2. The standard InChI is InChI=1S/C32H31F3N4O4/c1-41-22-11-8-20(29(13-22)42-2)15-37-30-25-18-43-17-24(25)23-14-26(36-16-27(23)38-30)31(40)39-12-4-3-5-28(39)19-6-9-21(10-7-19)32(33,34)35/h6-11,13-14,16,28H,3-5,12,15,17-18H2,1-2H3,(H,37,38). The summed E-state index contributed by atoms with van der Waals surface area (Å²) in [6, 6.07) is 12.1. The lowest BCUT2D eigenvalue weighted by Crippen LogP contribution is -2.39. The fourth-order valence-corrected chi connectivity index (χ4v) is 5.85. The number of nitrogens with zero attached hydrogens (tertiary/aromatic N) is 3. The molecular weight excluding hydrogens is 561 g/mol. The van der Waals surface area contributed by atoms with E-state index >= 15 is 0 Å². The van der Waals surface area contributed by atoms with Crippen molar-refractivity contribution in [3.63, 3.8) is 0 Å². The molecule has 2 aliphatic heterocycles. The first-order valence-electron chi connectivity index (χ1n) is 14.1. The molecule has 11 heteroatoms. The summed E-state index contributed by atoms with van der Waals surface area (Å²) in [4.78, 5) is 24.8. The number of carbonyl (C=O) groups excluding carboxylic acids is 1. The quantitative estimate of drug-likeness (QED) is 0.256. The van der Waals surface area contributed by atoms with Crippen LogP contribution in [-0.4, -0.2) is 41.5 Å². The van der Waals surface area contributed by atoms with Crippen LogP contribution in [0.4, 0.5) is 19.0 Å². The second kappa shape index (κ2) is 11.7. The molecule has 43 heavy (non-hydrogen) atoms. The Morgan fingerprint density at radius 3 is 2.58 bits per heavy atom. The minimum atomic E-state index is -4.41. The van der Waals surface area contributed by atoms with Gasteiger partial charge >= 0.3 is 6.18 Å². The van der Waals surface area contributed by atoms with Crippen LogP contribution in [0.25, 0.3) is 10.9 Å². The van der Waals surface area contributed by atoms with E-state index in [2.05, 4.69) is 10.3 Å². The molecule has 4 heterocycles. The molecule has 0 spiro atoms. The van der Waals surface area contributed by atoms with Crippen LogP contribution in [0.1, 0.15) is 63.6 Å². The number of piperidine rings is 1. The van der Waals surface area contributed by atoms with Crippen LogP contribution in [-0.2, 0) is 30.7 Å². The predicted molar refractivity (Wildman–Crippen MR) is 154 cm³/mol. The number of halogens is 3. The molecule has 2 aromatic carbocycles. The molecule has 1 unspecified atom stereocenters. The van der Waals surface area contributed by atoms with E-state index < -0.39 is 11.7 Å². The van der Waals surface area contributed by atoms with Gasteiger partial charge in [-0.05, 0) is 60.7 Å². The molecule has 0 saturated carbocycles. The van der Waals surface area contributed by atoms with Gasteiger partial charge in [0, 0.05) is 35.7 Å². The number of alkyl halides is 3. The molecule has 1 atom stereocenters. The number of likely N-dealkylation sites (tertiary alicyclic amines) is 1. The highest BCUT2D eigenvalue weighted by molar-refractivity contribution is 5.97. The van der Waals surface area contributed by atoms with E-state index in [9.17, 15) is 18.0 Å². The Labute approximate surface area is 246 Å². The molecule has 8 nitrogen and oxygen atoms in total. The van der Waals surface area contributed by atoms with Crippen molar-refractivity contribution in [1.29, 1.82) is 0 Å². The third-order valence-corrected chi connectivity index (χ3v) is 8.13. The number of fused-ring (bicyclic) bond motifs is 3. The summed E-state index contributed by atoms with van der Waals surface area (Å²) in [6.45, 7) is 1.72.